The van der Waals surface area contributed by atoms with Gasteiger partial charge in [-0.05, 0) is 66.8 Å². The molecule has 0 saturated heterocycles. The molecule has 0 aliphatic heterocycles. The Hall–Kier alpha value is -4.40. The highest BCUT2D eigenvalue weighted by atomic mass is 19.1. The van der Waals surface area contributed by atoms with Gasteiger partial charge in [0.05, 0.1) is 31.7 Å². The van der Waals surface area contributed by atoms with E-state index in [1.165, 1.54) is 21.3 Å². The molecule has 0 aliphatic rings. The molecule has 0 unspecified atom stereocenters. The van der Waals surface area contributed by atoms with E-state index in [9.17, 15) is 18.8 Å². The van der Waals surface area contributed by atoms with E-state index >= 15 is 0 Å². The molecular formula is C30H32FN3O5. The number of methoxy groups -OCH3 is 2. The van der Waals surface area contributed by atoms with Crippen LogP contribution in [0.2, 0.25) is 0 Å². The van der Waals surface area contributed by atoms with Crippen LogP contribution in [0.25, 0.3) is 10.9 Å². The van der Waals surface area contributed by atoms with E-state index < -0.39 is 5.69 Å². The molecule has 3 aromatic carbocycles. The number of benzene rings is 3. The number of amides is 1. The molecule has 0 fully saturated rings. The first kappa shape index (κ1) is 27.6. The number of carbonyl (C=O) groups is 1. The van der Waals surface area contributed by atoms with Crippen LogP contribution in [0.5, 0.6) is 11.5 Å². The van der Waals surface area contributed by atoms with Gasteiger partial charge in [0.15, 0.2) is 11.5 Å². The number of ether oxygens (including phenoxy) is 2. The van der Waals surface area contributed by atoms with Gasteiger partial charge in [0.2, 0.25) is 5.91 Å². The predicted molar refractivity (Wildman–Crippen MR) is 148 cm³/mol. The molecule has 8 nitrogen and oxygen atoms in total. The summed E-state index contributed by atoms with van der Waals surface area (Å²) in [5.41, 5.74) is 1.51. The number of aromatic nitrogens is 2. The average Bonchev–Trinajstić information content (AvgIpc) is 2.95. The van der Waals surface area contributed by atoms with Gasteiger partial charge in [-0.2, -0.15) is 0 Å². The summed E-state index contributed by atoms with van der Waals surface area (Å²) in [7, 11) is 3.16. The summed E-state index contributed by atoms with van der Waals surface area (Å²) in [5.74, 6) is 0.848. The van der Waals surface area contributed by atoms with E-state index in [1.807, 2.05) is 18.2 Å². The molecule has 0 bridgehead atoms. The first-order valence-electron chi connectivity index (χ1n) is 12.9. The van der Waals surface area contributed by atoms with Crippen LogP contribution in [-0.4, -0.2) is 35.8 Å². The molecule has 0 radical (unpaired) electrons. The summed E-state index contributed by atoms with van der Waals surface area (Å²) >= 11 is 0. The van der Waals surface area contributed by atoms with Crippen LogP contribution < -0.4 is 26.0 Å². The number of nitrogens with one attached hydrogen (secondary N) is 1. The fraction of sp³-hybridized carbons (Fsp3) is 0.300. The van der Waals surface area contributed by atoms with Crippen molar-refractivity contribution >= 4 is 16.8 Å². The summed E-state index contributed by atoms with van der Waals surface area (Å²) in [6.07, 6.45) is 1.95. The largest absolute Gasteiger partial charge is 0.493 e. The lowest BCUT2D eigenvalue weighted by Gasteiger charge is -2.14. The Kier molecular flexibility index (Phi) is 9.14. The smallest absolute Gasteiger partial charge is 0.331 e. The van der Waals surface area contributed by atoms with Gasteiger partial charge in [0, 0.05) is 19.5 Å². The maximum absolute atomic E-state index is 13.4. The predicted octanol–water partition coefficient (Wildman–Crippen LogP) is 3.90. The number of para-hydroxylation sites is 1. The van der Waals surface area contributed by atoms with Crippen LogP contribution in [0.3, 0.4) is 0 Å². The Morgan fingerprint density at radius 3 is 2.33 bits per heavy atom. The van der Waals surface area contributed by atoms with Gasteiger partial charge in [-0.25, -0.2) is 9.18 Å². The van der Waals surface area contributed by atoms with Crippen LogP contribution in [0, 0.1) is 5.82 Å². The molecule has 1 N–H and O–H groups in total. The van der Waals surface area contributed by atoms with Gasteiger partial charge in [-0.15, -0.1) is 0 Å². The second kappa shape index (κ2) is 12.9. The van der Waals surface area contributed by atoms with Crippen molar-refractivity contribution < 1.29 is 18.7 Å². The van der Waals surface area contributed by atoms with Gasteiger partial charge in [0.25, 0.3) is 5.56 Å². The van der Waals surface area contributed by atoms with Crippen LogP contribution in [-0.2, 0) is 24.3 Å². The third kappa shape index (κ3) is 6.73. The summed E-state index contributed by atoms with van der Waals surface area (Å²) in [4.78, 5) is 38.8. The van der Waals surface area contributed by atoms with Crippen LogP contribution in [0.15, 0.2) is 76.3 Å². The SMILES string of the molecule is COc1ccc(CCNC(=O)CCCCn2c(=O)c3ccccc3n(Cc3ccc(F)cc3)c2=O)cc1OC. The summed E-state index contributed by atoms with van der Waals surface area (Å²) in [6.45, 7) is 0.889. The van der Waals surface area contributed by atoms with Gasteiger partial charge >= 0.3 is 5.69 Å². The third-order valence-electron chi connectivity index (χ3n) is 6.61. The topological polar surface area (TPSA) is 91.6 Å². The van der Waals surface area contributed by atoms with Crippen molar-refractivity contribution in [1.29, 1.82) is 0 Å². The van der Waals surface area contributed by atoms with Crippen LogP contribution in [0.4, 0.5) is 4.39 Å². The molecule has 0 aliphatic carbocycles. The lowest BCUT2D eigenvalue weighted by Crippen LogP contribution is -2.40. The van der Waals surface area contributed by atoms with Crippen molar-refractivity contribution in [3.05, 3.63) is 105 Å². The molecule has 39 heavy (non-hydrogen) atoms. The molecule has 9 heteroatoms. The van der Waals surface area contributed by atoms with Crippen LogP contribution >= 0.6 is 0 Å². The maximum atomic E-state index is 13.4. The Morgan fingerprint density at radius 2 is 1.59 bits per heavy atom. The molecule has 4 rings (SSSR count). The zero-order valence-electron chi connectivity index (χ0n) is 22.1. The van der Waals surface area contributed by atoms with Crippen molar-refractivity contribution in [2.45, 2.75) is 38.8 Å². The quantitative estimate of drug-likeness (QED) is 0.279. The van der Waals surface area contributed by atoms with Gasteiger partial charge in [0.1, 0.15) is 5.82 Å². The first-order chi connectivity index (χ1) is 18.9. The zero-order valence-corrected chi connectivity index (χ0v) is 22.1. The minimum atomic E-state index is -0.428. The maximum Gasteiger partial charge on any atom is 0.331 e. The number of halogens is 1. The lowest BCUT2D eigenvalue weighted by molar-refractivity contribution is -0.121. The number of unbranched alkanes of at least 4 members (excludes halogenated alkanes) is 1. The lowest BCUT2D eigenvalue weighted by atomic mass is 10.1. The fourth-order valence-corrected chi connectivity index (χ4v) is 4.52. The number of rotatable bonds is 12. The summed E-state index contributed by atoms with van der Waals surface area (Å²) < 4.78 is 26.7. The average molecular weight is 534 g/mol. The normalized spacial score (nSPS) is 10.9. The van der Waals surface area contributed by atoms with Crippen molar-refractivity contribution in [3.63, 3.8) is 0 Å². The number of hydrogen-bond acceptors (Lipinski definition) is 5. The van der Waals surface area contributed by atoms with Crippen molar-refractivity contribution in [3.8, 4) is 11.5 Å². The number of hydrogen-bond donors (Lipinski definition) is 1. The van der Waals surface area contributed by atoms with E-state index in [-0.39, 0.29) is 36.8 Å². The molecule has 1 heterocycles. The van der Waals surface area contributed by atoms with E-state index in [2.05, 4.69) is 5.32 Å². The zero-order chi connectivity index (χ0) is 27.8. The molecule has 1 aromatic heterocycles. The second-order valence-corrected chi connectivity index (χ2v) is 9.22. The van der Waals surface area contributed by atoms with Gasteiger partial charge in [-0.3, -0.25) is 18.7 Å². The Labute approximate surface area is 225 Å². The van der Waals surface area contributed by atoms with Crippen LogP contribution in [0.1, 0.15) is 30.4 Å². The standard InChI is InChI=1S/C30H32FN3O5/c1-38-26-15-12-21(19-27(26)39-2)16-17-32-28(35)9-5-6-18-33-29(36)24-7-3-4-8-25(24)34(30(33)37)20-22-10-13-23(31)14-11-22/h3-4,7-8,10-15,19H,5-6,9,16-18,20H2,1-2H3,(H,32,35). The highest BCUT2D eigenvalue weighted by Crippen LogP contribution is 2.27. The van der Waals surface area contributed by atoms with Crippen molar-refractivity contribution in [2.75, 3.05) is 20.8 Å². The summed E-state index contributed by atoms with van der Waals surface area (Å²) in [6, 6.07) is 18.5. The molecular weight excluding hydrogens is 501 g/mol. The molecule has 0 spiro atoms. The molecule has 1 amide bonds. The van der Waals surface area contributed by atoms with Crippen molar-refractivity contribution in [1.82, 2.24) is 14.5 Å². The van der Waals surface area contributed by atoms with Gasteiger partial charge in [-0.1, -0.05) is 30.3 Å². The first-order valence-corrected chi connectivity index (χ1v) is 12.9. The van der Waals surface area contributed by atoms with E-state index in [0.29, 0.717) is 48.2 Å². The Bertz CT molecular complexity index is 1560. The highest BCUT2D eigenvalue weighted by Gasteiger charge is 2.13. The van der Waals surface area contributed by atoms with Gasteiger partial charge < -0.3 is 14.8 Å². The van der Waals surface area contributed by atoms with E-state index in [0.717, 1.165) is 11.1 Å². The Balaban J connectivity index is 1.35. The molecule has 0 saturated carbocycles. The monoisotopic (exact) mass is 533 g/mol. The molecule has 4 aromatic rings. The third-order valence-corrected chi connectivity index (χ3v) is 6.61. The molecule has 204 valence electrons. The number of nitrogens with zero attached hydrogens (tertiary/aromatic N) is 2. The van der Waals surface area contributed by atoms with E-state index in [4.69, 9.17) is 9.47 Å². The number of fused-ring (bicyclic) bond motifs is 1. The minimum absolute atomic E-state index is 0.0879. The molecule has 0 atom stereocenters. The van der Waals surface area contributed by atoms with Crippen molar-refractivity contribution in [2.24, 2.45) is 0 Å². The fourth-order valence-electron chi connectivity index (χ4n) is 4.52. The number of carbonyl (C=O) groups excluding carboxylic acids is 1. The van der Waals surface area contributed by atoms with E-state index in [1.54, 1.807) is 50.6 Å². The summed E-state index contributed by atoms with van der Waals surface area (Å²) in [5, 5.41) is 3.35. The minimum Gasteiger partial charge on any atom is -0.493 e. The second-order valence-electron chi connectivity index (χ2n) is 9.22. The highest BCUT2D eigenvalue weighted by molar-refractivity contribution is 5.78. The Morgan fingerprint density at radius 1 is 0.872 bits per heavy atom.